The Kier molecular flexibility index (Phi) is 10.6. The number of rotatable bonds is 14. The van der Waals surface area contributed by atoms with Gasteiger partial charge in [0.25, 0.3) is 0 Å². The van der Waals surface area contributed by atoms with Crippen LogP contribution in [0.2, 0.25) is 0 Å². The number of carbonyl (C=O) groups excluding carboxylic acids is 2. The van der Waals surface area contributed by atoms with Crippen LogP contribution in [0.3, 0.4) is 0 Å². The van der Waals surface area contributed by atoms with Crippen LogP contribution in [0.4, 0.5) is 0 Å². The van der Waals surface area contributed by atoms with Gasteiger partial charge in [0.05, 0.1) is 6.61 Å². The van der Waals surface area contributed by atoms with E-state index in [1.165, 1.54) is 32.1 Å². The van der Waals surface area contributed by atoms with Gasteiger partial charge >= 0.3 is 11.9 Å². The van der Waals surface area contributed by atoms with Gasteiger partial charge in [0, 0.05) is 5.39 Å². The molecule has 0 fully saturated rings. The zero-order valence-electron chi connectivity index (χ0n) is 19.5. The summed E-state index contributed by atoms with van der Waals surface area (Å²) >= 11 is 0. The molecule has 0 radical (unpaired) electrons. The van der Waals surface area contributed by atoms with Crippen molar-refractivity contribution < 1.29 is 19.1 Å². The average Bonchev–Trinajstić information content (AvgIpc) is 2.79. The third-order valence-electron chi connectivity index (χ3n) is 6.17. The van der Waals surface area contributed by atoms with E-state index in [0.717, 1.165) is 30.0 Å². The number of esters is 2. The van der Waals surface area contributed by atoms with Gasteiger partial charge in [0.15, 0.2) is 5.41 Å². The molecule has 2 aromatic carbocycles. The Bertz CT molecular complexity index is 818. The number of unbranched alkanes of at least 4 members (excludes halogenated alkanes) is 7. The van der Waals surface area contributed by atoms with Crippen molar-refractivity contribution in [1.82, 2.24) is 0 Å². The lowest BCUT2D eigenvalue weighted by Gasteiger charge is -2.27. The first kappa shape index (κ1) is 24.9. The predicted octanol–water partition coefficient (Wildman–Crippen LogP) is 7.24. The van der Waals surface area contributed by atoms with Crippen LogP contribution in [0, 0.1) is 5.41 Å². The highest BCUT2D eigenvalue weighted by atomic mass is 16.6. The highest BCUT2D eigenvalue weighted by Gasteiger charge is 2.46. The van der Waals surface area contributed by atoms with Crippen molar-refractivity contribution in [3.63, 3.8) is 0 Å². The predicted molar refractivity (Wildman–Crippen MR) is 126 cm³/mol. The second kappa shape index (κ2) is 13.1. The molecule has 0 N–H and O–H groups in total. The lowest BCUT2D eigenvalue weighted by molar-refractivity contribution is -0.168. The molecule has 0 spiro atoms. The van der Waals surface area contributed by atoms with Crippen molar-refractivity contribution in [2.75, 3.05) is 6.61 Å². The fourth-order valence-electron chi connectivity index (χ4n) is 3.93. The fraction of sp³-hybridized carbons (Fsp3) is 0.556. The quantitative estimate of drug-likeness (QED) is 0.138. The zero-order chi connectivity index (χ0) is 22.5. The van der Waals surface area contributed by atoms with E-state index in [1.807, 2.05) is 50.2 Å². The van der Waals surface area contributed by atoms with Crippen LogP contribution >= 0.6 is 0 Å². The molecule has 0 aliphatic carbocycles. The molecule has 2 rings (SSSR count). The van der Waals surface area contributed by atoms with Crippen LogP contribution in [0.15, 0.2) is 42.5 Å². The number of fused-ring (bicyclic) bond motifs is 1. The van der Waals surface area contributed by atoms with E-state index in [9.17, 15) is 9.59 Å². The van der Waals surface area contributed by atoms with Gasteiger partial charge < -0.3 is 9.47 Å². The van der Waals surface area contributed by atoms with Crippen LogP contribution in [-0.2, 0) is 14.3 Å². The Hall–Kier alpha value is -2.36. The van der Waals surface area contributed by atoms with E-state index in [2.05, 4.69) is 6.92 Å². The van der Waals surface area contributed by atoms with Crippen LogP contribution in [0.1, 0.15) is 85.0 Å². The Morgan fingerprint density at radius 2 is 1.35 bits per heavy atom. The molecule has 0 amide bonds. The molecule has 4 heteroatoms. The number of hydrogen-bond acceptors (Lipinski definition) is 4. The highest BCUT2D eigenvalue weighted by molar-refractivity contribution is 6.02. The average molecular weight is 427 g/mol. The summed E-state index contributed by atoms with van der Waals surface area (Å²) in [6.45, 7) is 6.26. The van der Waals surface area contributed by atoms with E-state index in [4.69, 9.17) is 9.47 Å². The minimum atomic E-state index is -1.27. The van der Waals surface area contributed by atoms with Crippen LogP contribution in [-0.4, -0.2) is 18.5 Å². The molecular formula is C27H38O4. The Morgan fingerprint density at radius 1 is 0.742 bits per heavy atom. The minimum Gasteiger partial charge on any atom is -0.465 e. The molecular weight excluding hydrogens is 388 g/mol. The SMILES string of the molecule is CCCCCCCCCCOC(=O)C(CC)(CC)C(=O)Oc1cccc2ccccc12. The van der Waals surface area contributed by atoms with Gasteiger partial charge in [-0.1, -0.05) is 102 Å². The summed E-state index contributed by atoms with van der Waals surface area (Å²) in [5.41, 5.74) is -1.27. The molecule has 0 saturated carbocycles. The summed E-state index contributed by atoms with van der Waals surface area (Å²) in [6.07, 6.45) is 10.1. The lowest BCUT2D eigenvalue weighted by atomic mass is 9.82. The molecule has 0 heterocycles. The van der Waals surface area contributed by atoms with Crippen LogP contribution in [0.25, 0.3) is 10.8 Å². The van der Waals surface area contributed by atoms with Crippen molar-refractivity contribution in [1.29, 1.82) is 0 Å². The van der Waals surface area contributed by atoms with Crippen LogP contribution < -0.4 is 4.74 Å². The molecule has 0 atom stereocenters. The van der Waals surface area contributed by atoms with Gasteiger partial charge in [-0.3, -0.25) is 9.59 Å². The molecule has 0 saturated heterocycles. The summed E-state index contributed by atoms with van der Waals surface area (Å²) in [5.74, 6) is -0.522. The zero-order valence-corrected chi connectivity index (χ0v) is 19.5. The molecule has 170 valence electrons. The maximum Gasteiger partial charge on any atom is 0.328 e. The van der Waals surface area contributed by atoms with Gasteiger partial charge in [0.2, 0.25) is 0 Å². The maximum atomic E-state index is 13.1. The Balaban J connectivity index is 1.91. The van der Waals surface area contributed by atoms with Crippen molar-refractivity contribution in [2.45, 2.75) is 85.0 Å². The summed E-state index contributed by atoms with van der Waals surface area (Å²) in [7, 11) is 0. The molecule has 31 heavy (non-hydrogen) atoms. The van der Waals surface area contributed by atoms with E-state index >= 15 is 0 Å². The Morgan fingerprint density at radius 3 is 2.03 bits per heavy atom. The van der Waals surface area contributed by atoms with Crippen molar-refractivity contribution >= 4 is 22.7 Å². The summed E-state index contributed by atoms with van der Waals surface area (Å²) in [6, 6.07) is 13.3. The number of carbonyl (C=O) groups is 2. The standard InChI is InChI=1S/C27H38O4/c1-4-7-8-9-10-11-12-15-21-30-25(28)27(5-2,6-3)26(29)31-24-20-16-18-22-17-13-14-19-23(22)24/h13-14,16-20H,4-12,15,21H2,1-3H3. The lowest BCUT2D eigenvalue weighted by Crippen LogP contribution is -2.42. The second-order valence-electron chi connectivity index (χ2n) is 8.27. The maximum absolute atomic E-state index is 13.1. The molecule has 4 nitrogen and oxygen atoms in total. The fourth-order valence-corrected chi connectivity index (χ4v) is 3.93. The first-order valence-corrected chi connectivity index (χ1v) is 12.0. The molecule has 0 aliphatic rings. The first-order chi connectivity index (χ1) is 15.1. The third kappa shape index (κ3) is 6.81. The van der Waals surface area contributed by atoms with E-state index in [0.29, 0.717) is 25.2 Å². The topological polar surface area (TPSA) is 52.6 Å². The molecule has 2 aromatic rings. The smallest absolute Gasteiger partial charge is 0.328 e. The normalized spacial score (nSPS) is 11.5. The van der Waals surface area contributed by atoms with E-state index in [-0.39, 0.29) is 0 Å². The number of ether oxygens (including phenoxy) is 2. The highest BCUT2D eigenvalue weighted by Crippen LogP contribution is 2.33. The van der Waals surface area contributed by atoms with Gasteiger partial charge in [-0.25, -0.2) is 0 Å². The first-order valence-electron chi connectivity index (χ1n) is 12.0. The summed E-state index contributed by atoms with van der Waals surface area (Å²) < 4.78 is 11.3. The largest absolute Gasteiger partial charge is 0.465 e. The molecule has 0 bridgehead atoms. The number of benzene rings is 2. The molecule has 0 unspecified atom stereocenters. The van der Waals surface area contributed by atoms with Gasteiger partial charge in [-0.2, -0.15) is 0 Å². The van der Waals surface area contributed by atoms with Gasteiger partial charge in [-0.05, 0) is 30.7 Å². The molecule has 0 aliphatic heterocycles. The molecule has 0 aromatic heterocycles. The summed E-state index contributed by atoms with van der Waals surface area (Å²) in [4.78, 5) is 26.0. The van der Waals surface area contributed by atoms with Gasteiger partial charge in [0.1, 0.15) is 5.75 Å². The van der Waals surface area contributed by atoms with E-state index < -0.39 is 17.4 Å². The monoisotopic (exact) mass is 426 g/mol. The Labute approximate surface area is 187 Å². The summed E-state index contributed by atoms with van der Waals surface area (Å²) in [5, 5.41) is 1.84. The van der Waals surface area contributed by atoms with Crippen molar-refractivity contribution in [3.05, 3.63) is 42.5 Å². The van der Waals surface area contributed by atoms with E-state index in [1.54, 1.807) is 6.07 Å². The van der Waals surface area contributed by atoms with Crippen molar-refractivity contribution in [2.24, 2.45) is 5.41 Å². The minimum absolute atomic E-state index is 0.351. The second-order valence-corrected chi connectivity index (χ2v) is 8.27. The number of hydrogen-bond donors (Lipinski definition) is 0. The van der Waals surface area contributed by atoms with Crippen LogP contribution in [0.5, 0.6) is 5.75 Å². The third-order valence-corrected chi connectivity index (χ3v) is 6.17. The van der Waals surface area contributed by atoms with Gasteiger partial charge in [-0.15, -0.1) is 0 Å². The van der Waals surface area contributed by atoms with Crippen molar-refractivity contribution in [3.8, 4) is 5.75 Å².